The van der Waals surface area contributed by atoms with Crippen LogP contribution in [0.4, 0.5) is 9.59 Å². The van der Waals surface area contributed by atoms with Gasteiger partial charge in [0.15, 0.2) is 5.11 Å². The molecule has 26 heavy (non-hydrogen) atoms. The van der Waals surface area contributed by atoms with Crippen molar-refractivity contribution in [1.29, 1.82) is 0 Å². The molecule has 2 aromatic carbocycles. The molecule has 0 bridgehead atoms. The Hall–Kier alpha value is -2.64. The van der Waals surface area contributed by atoms with Crippen molar-refractivity contribution in [1.82, 2.24) is 10.6 Å². The standard InChI is InChI=1S/C10H12N2O2S.C8H7ClO2/c1-11-9(15)12-10(13)14-7-8-5-3-2-4-6-8;9-8(10)11-6-7-4-2-1-3-5-7/h2-6H,7H2,1H3,(H2,11,12,13,15);1-5H,6H2. The van der Waals surface area contributed by atoms with Gasteiger partial charge in [-0.2, -0.15) is 0 Å². The van der Waals surface area contributed by atoms with E-state index in [1.807, 2.05) is 60.7 Å². The molecule has 0 radical (unpaired) electrons. The van der Waals surface area contributed by atoms with E-state index in [-0.39, 0.29) is 18.3 Å². The van der Waals surface area contributed by atoms with E-state index in [0.29, 0.717) is 0 Å². The number of thiocarbonyl (C=S) groups is 1. The van der Waals surface area contributed by atoms with Gasteiger partial charge in [-0.15, -0.1) is 0 Å². The highest BCUT2D eigenvalue weighted by molar-refractivity contribution is 7.80. The lowest BCUT2D eigenvalue weighted by Gasteiger charge is -2.06. The molecule has 0 heterocycles. The fourth-order valence-electron chi connectivity index (χ4n) is 1.63. The number of carbonyl (C=O) groups is 2. The van der Waals surface area contributed by atoms with Crippen LogP contribution in [-0.2, 0) is 22.7 Å². The summed E-state index contributed by atoms with van der Waals surface area (Å²) in [5.41, 5.74) is 1.10. The number of amides is 1. The van der Waals surface area contributed by atoms with Crippen molar-refractivity contribution in [3.8, 4) is 0 Å². The fraction of sp³-hybridized carbons (Fsp3) is 0.167. The SMILES string of the molecule is CNC(=S)NC(=O)OCc1ccccc1.O=C(Cl)OCc1ccccc1. The molecule has 0 aliphatic rings. The van der Waals surface area contributed by atoms with Crippen molar-refractivity contribution in [2.75, 3.05) is 7.05 Å². The number of benzene rings is 2. The highest BCUT2D eigenvalue weighted by atomic mass is 35.5. The van der Waals surface area contributed by atoms with Crippen molar-refractivity contribution < 1.29 is 19.1 Å². The molecule has 6 nitrogen and oxygen atoms in total. The normalized spacial score (nSPS) is 9.15. The van der Waals surface area contributed by atoms with Crippen LogP contribution in [-0.4, -0.2) is 23.7 Å². The van der Waals surface area contributed by atoms with E-state index in [9.17, 15) is 9.59 Å². The molecule has 2 rings (SSSR count). The number of alkyl carbamates (subject to hydrolysis) is 1. The number of nitrogens with one attached hydrogen (secondary N) is 2. The van der Waals surface area contributed by atoms with E-state index < -0.39 is 11.5 Å². The van der Waals surface area contributed by atoms with Crippen LogP contribution in [0.5, 0.6) is 0 Å². The summed E-state index contributed by atoms with van der Waals surface area (Å²) in [7, 11) is 1.62. The molecular formula is C18H19ClN2O4S. The zero-order valence-electron chi connectivity index (χ0n) is 14.1. The molecular weight excluding hydrogens is 376 g/mol. The molecule has 2 aromatic rings. The van der Waals surface area contributed by atoms with Gasteiger partial charge in [-0.1, -0.05) is 60.7 Å². The first kappa shape index (κ1) is 21.4. The van der Waals surface area contributed by atoms with Crippen LogP contribution >= 0.6 is 23.8 Å². The summed E-state index contributed by atoms with van der Waals surface area (Å²) in [5, 5.41) is 5.22. The van der Waals surface area contributed by atoms with E-state index in [4.69, 9.17) is 28.6 Å². The topological polar surface area (TPSA) is 76.7 Å². The maximum Gasteiger partial charge on any atom is 0.413 e. The second-order valence-corrected chi connectivity index (χ2v) is 5.49. The molecule has 0 atom stereocenters. The van der Waals surface area contributed by atoms with Gasteiger partial charge in [0.05, 0.1) is 0 Å². The third-order valence-corrected chi connectivity index (χ3v) is 3.27. The Morgan fingerprint density at radius 2 is 1.38 bits per heavy atom. The van der Waals surface area contributed by atoms with E-state index in [2.05, 4.69) is 15.4 Å². The minimum absolute atomic E-state index is 0.235. The highest BCUT2D eigenvalue weighted by Crippen LogP contribution is 2.02. The van der Waals surface area contributed by atoms with Crippen LogP contribution in [0, 0.1) is 0 Å². The molecule has 8 heteroatoms. The Morgan fingerprint density at radius 3 is 1.81 bits per heavy atom. The average molecular weight is 395 g/mol. The molecule has 2 N–H and O–H groups in total. The minimum atomic E-state index is -0.770. The van der Waals surface area contributed by atoms with Gasteiger partial charge >= 0.3 is 11.5 Å². The van der Waals surface area contributed by atoms with Crippen LogP contribution in [0.15, 0.2) is 60.7 Å². The highest BCUT2D eigenvalue weighted by Gasteiger charge is 2.03. The Bertz CT molecular complexity index is 699. The van der Waals surface area contributed by atoms with Gasteiger partial charge < -0.3 is 14.8 Å². The number of hydrogen-bond acceptors (Lipinski definition) is 5. The second-order valence-electron chi connectivity index (χ2n) is 4.78. The van der Waals surface area contributed by atoms with Gasteiger partial charge in [-0.25, -0.2) is 9.59 Å². The van der Waals surface area contributed by atoms with Crippen molar-refractivity contribution in [3.05, 3.63) is 71.8 Å². The molecule has 0 aliphatic heterocycles. The van der Waals surface area contributed by atoms with E-state index in [1.165, 1.54) is 0 Å². The number of ether oxygens (including phenoxy) is 2. The Kier molecular flexibility index (Phi) is 10.4. The van der Waals surface area contributed by atoms with Gasteiger partial charge in [0.2, 0.25) is 0 Å². The molecule has 0 spiro atoms. The van der Waals surface area contributed by atoms with E-state index in [1.54, 1.807) is 7.05 Å². The van der Waals surface area contributed by atoms with Crippen molar-refractivity contribution in [2.45, 2.75) is 13.2 Å². The summed E-state index contributed by atoms with van der Waals surface area (Å²) in [6, 6.07) is 18.8. The molecule has 1 amide bonds. The summed E-state index contributed by atoms with van der Waals surface area (Å²) in [5.74, 6) is 0. The second kappa shape index (κ2) is 12.7. The largest absolute Gasteiger partial charge is 0.449 e. The quantitative estimate of drug-likeness (QED) is 0.603. The summed E-state index contributed by atoms with van der Waals surface area (Å²) in [6.45, 7) is 0.474. The summed E-state index contributed by atoms with van der Waals surface area (Å²) in [6.07, 6.45) is -0.557. The van der Waals surface area contributed by atoms with Crippen molar-refractivity contribution in [2.24, 2.45) is 0 Å². The Labute approximate surface area is 162 Å². The minimum Gasteiger partial charge on any atom is -0.449 e. The first-order valence-corrected chi connectivity index (χ1v) is 8.35. The number of carbonyl (C=O) groups excluding carboxylic acids is 2. The van der Waals surface area contributed by atoms with Crippen LogP contribution in [0.25, 0.3) is 0 Å². The van der Waals surface area contributed by atoms with Crippen LogP contribution in [0.3, 0.4) is 0 Å². The first-order valence-electron chi connectivity index (χ1n) is 7.57. The number of hydrogen-bond donors (Lipinski definition) is 2. The van der Waals surface area contributed by atoms with Gasteiger partial charge in [0.1, 0.15) is 13.2 Å². The molecule has 0 fully saturated rings. The fourth-order valence-corrected chi connectivity index (χ4v) is 1.77. The Balaban J connectivity index is 0.000000273. The lowest BCUT2D eigenvalue weighted by atomic mass is 10.2. The molecule has 0 saturated heterocycles. The molecule has 0 aliphatic carbocycles. The first-order chi connectivity index (χ1) is 12.5. The third kappa shape index (κ3) is 10.3. The smallest absolute Gasteiger partial charge is 0.413 e. The maximum atomic E-state index is 11.1. The molecule has 138 valence electrons. The van der Waals surface area contributed by atoms with Gasteiger partial charge in [-0.05, 0) is 23.3 Å². The van der Waals surface area contributed by atoms with Gasteiger partial charge in [0, 0.05) is 18.6 Å². The predicted octanol–water partition coefficient (Wildman–Crippen LogP) is 3.98. The van der Waals surface area contributed by atoms with Crippen LogP contribution in [0.1, 0.15) is 11.1 Å². The summed E-state index contributed by atoms with van der Waals surface area (Å²) >= 11 is 9.71. The monoisotopic (exact) mass is 394 g/mol. The number of halogens is 1. The van der Waals surface area contributed by atoms with Crippen molar-refractivity contribution in [3.63, 3.8) is 0 Å². The lowest BCUT2D eigenvalue weighted by molar-refractivity contribution is 0.145. The number of rotatable bonds is 4. The lowest BCUT2D eigenvalue weighted by Crippen LogP contribution is -2.37. The zero-order valence-corrected chi connectivity index (χ0v) is 15.7. The Morgan fingerprint density at radius 1 is 0.923 bits per heavy atom. The third-order valence-electron chi connectivity index (χ3n) is 2.85. The van der Waals surface area contributed by atoms with E-state index in [0.717, 1.165) is 11.1 Å². The molecule has 0 saturated carbocycles. The average Bonchev–Trinajstić information content (AvgIpc) is 2.67. The zero-order chi connectivity index (χ0) is 19.2. The predicted molar refractivity (Wildman–Crippen MR) is 104 cm³/mol. The maximum absolute atomic E-state index is 11.1. The molecule has 0 unspecified atom stereocenters. The van der Waals surface area contributed by atoms with Gasteiger partial charge in [0.25, 0.3) is 0 Å². The van der Waals surface area contributed by atoms with Crippen molar-refractivity contribution >= 4 is 40.5 Å². The van der Waals surface area contributed by atoms with Crippen LogP contribution < -0.4 is 10.6 Å². The van der Waals surface area contributed by atoms with Crippen LogP contribution in [0.2, 0.25) is 0 Å². The van der Waals surface area contributed by atoms with E-state index >= 15 is 0 Å². The van der Waals surface area contributed by atoms with Gasteiger partial charge in [-0.3, -0.25) is 5.32 Å². The summed E-state index contributed by atoms with van der Waals surface area (Å²) < 4.78 is 9.48. The molecule has 0 aromatic heterocycles. The summed E-state index contributed by atoms with van der Waals surface area (Å²) in [4.78, 5) is 21.3.